The quantitative estimate of drug-likeness (QED) is 0.491. The maximum atomic E-state index is 11.0. The molecule has 0 radical (unpaired) electrons. The zero-order valence-electron chi connectivity index (χ0n) is 14.3. The van der Waals surface area contributed by atoms with Crippen molar-refractivity contribution in [3.8, 4) is 0 Å². The predicted octanol–water partition coefficient (Wildman–Crippen LogP) is 4.39. The number of ketones is 1. The highest BCUT2D eigenvalue weighted by molar-refractivity contribution is 7.80. The fourth-order valence-electron chi connectivity index (χ4n) is 3.28. The Kier molecular flexibility index (Phi) is 4.52. The Morgan fingerprint density at radius 3 is 2.07 bits per heavy atom. The SMILES string of the molecule is O=C1Nc2ccccc2C1=O.S=C1Nc2ccccc2C1c1ccccc1. The average molecular weight is 372 g/mol. The Balaban J connectivity index is 0.000000143. The second kappa shape index (κ2) is 7.13. The summed E-state index contributed by atoms with van der Waals surface area (Å²) in [5.41, 5.74) is 4.75. The topological polar surface area (TPSA) is 58.2 Å². The van der Waals surface area contributed by atoms with Crippen LogP contribution in [0.25, 0.3) is 0 Å². The van der Waals surface area contributed by atoms with E-state index in [1.807, 2.05) is 12.1 Å². The molecule has 3 aromatic carbocycles. The Bertz CT molecular complexity index is 1050. The van der Waals surface area contributed by atoms with Crippen molar-refractivity contribution in [1.29, 1.82) is 0 Å². The van der Waals surface area contributed by atoms with Gasteiger partial charge in [0.2, 0.25) is 0 Å². The minimum absolute atomic E-state index is 0.215. The lowest BCUT2D eigenvalue weighted by Crippen LogP contribution is -2.12. The summed E-state index contributed by atoms with van der Waals surface area (Å²) in [4.78, 5) is 22.7. The summed E-state index contributed by atoms with van der Waals surface area (Å²) in [7, 11) is 0. The third kappa shape index (κ3) is 3.25. The van der Waals surface area contributed by atoms with Crippen LogP contribution in [-0.2, 0) is 4.79 Å². The Morgan fingerprint density at radius 2 is 1.33 bits per heavy atom. The van der Waals surface area contributed by atoms with E-state index in [0.29, 0.717) is 11.3 Å². The molecule has 0 spiro atoms. The molecule has 0 fully saturated rings. The van der Waals surface area contributed by atoms with Gasteiger partial charge in [0, 0.05) is 5.69 Å². The molecule has 5 rings (SSSR count). The monoisotopic (exact) mass is 372 g/mol. The molecule has 0 bridgehead atoms. The Hall–Kier alpha value is -3.31. The molecule has 0 aliphatic carbocycles. The van der Waals surface area contributed by atoms with Crippen molar-refractivity contribution >= 4 is 40.3 Å². The van der Waals surface area contributed by atoms with Gasteiger partial charge in [-0.2, -0.15) is 0 Å². The van der Waals surface area contributed by atoms with Gasteiger partial charge in [-0.1, -0.05) is 72.9 Å². The van der Waals surface area contributed by atoms with Crippen LogP contribution < -0.4 is 10.6 Å². The van der Waals surface area contributed by atoms with Crippen LogP contribution in [0.2, 0.25) is 0 Å². The number of benzene rings is 3. The molecular formula is C22H16N2O2S. The second-order valence-electron chi connectivity index (χ2n) is 6.25. The molecule has 2 aliphatic heterocycles. The van der Waals surface area contributed by atoms with E-state index in [9.17, 15) is 9.59 Å². The number of hydrogen-bond acceptors (Lipinski definition) is 3. The van der Waals surface area contributed by atoms with E-state index in [1.54, 1.807) is 24.3 Å². The standard InChI is InChI=1S/C14H11NS.C8H5NO2/c16-14-13(10-6-2-1-3-7-10)11-8-4-5-9-12(11)15-14;10-7-5-3-1-2-4-6(5)9-8(7)11/h1-9,13H,(H,15,16);1-4H,(H,9,10,11). The van der Waals surface area contributed by atoms with Gasteiger partial charge in [-0.25, -0.2) is 0 Å². The first-order chi connectivity index (χ1) is 13.1. The number of carbonyl (C=O) groups excluding carboxylic acids is 2. The highest BCUT2D eigenvalue weighted by Gasteiger charge is 2.28. The first-order valence-electron chi connectivity index (χ1n) is 8.54. The third-order valence-corrected chi connectivity index (χ3v) is 4.89. The maximum Gasteiger partial charge on any atom is 0.296 e. The summed E-state index contributed by atoms with van der Waals surface area (Å²) < 4.78 is 0. The molecule has 1 amide bonds. The van der Waals surface area contributed by atoms with Crippen LogP contribution in [0.4, 0.5) is 11.4 Å². The van der Waals surface area contributed by atoms with E-state index in [4.69, 9.17) is 12.2 Å². The molecule has 2 N–H and O–H groups in total. The van der Waals surface area contributed by atoms with Gasteiger partial charge in [-0.3, -0.25) is 9.59 Å². The van der Waals surface area contributed by atoms with Crippen LogP contribution in [0.3, 0.4) is 0 Å². The summed E-state index contributed by atoms with van der Waals surface area (Å²) in [6, 6.07) is 25.5. The van der Waals surface area contributed by atoms with Gasteiger partial charge in [0.25, 0.3) is 11.7 Å². The van der Waals surface area contributed by atoms with Crippen molar-refractivity contribution in [2.45, 2.75) is 5.92 Å². The highest BCUT2D eigenvalue weighted by Crippen LogP contribution is 2.37. The summed E-state index contributed by atoms with van der Waals surface area (Å²) in [6.45, 7) is 0. The Labute approximate surface area is 162 Å². The second-order valence-corrected chi connectivity index (χ2v) is 6.69. The zero-order valence-corrected chi connectivity index (χ0v) is 15.1. The molecule has 1 unspecified atom stereocenters. The number of carbonyl (C=O) groups is 2. The molecule has 132 valence electrons. The van der Waals surface area contributed by atoms with Crippen LogP contribution in [0.1, 0.15) is 27.4 Å². The number of nitrogens with one attached hydrogen (secondary N) is 2. The largest absolute Gasteiger partial charge is 0.349 e. The molecule has 5 heteroatoms. The molecule has 0 aromatic heterocycles. The lowest BCUT2D eigenvalue weighted by atomic mass is 9.93. The molecule has 2 aliphatic rings. The molecule has 1 atom stereocenters. The van der Waals surface area contributed by atoms with E-state index in [-0.39, 0.29) is 5.92 Å². The number of rotatable bonds is 1. The van der Waals surface area contributed by atoms with Gasteiger partial charge in [-0.05, 0) is 29.3 Å². The molecule has 0 saturated carbocycles. The smallest absolute Gasteiger partial charge is 0.296 e. The van der Waals surface area contributed by atoms with Crippen molar-refractivity contribution in [3.63, 3.8) is 0 Å². The van der Waals surface area contributed by atoms with Gasteiger partial charge in [-0.15, -0.1) is 0 Å². The first kappa shape index (κ1) is 17.1. The number of anilines is 2. The predicted molar refractivity (Wildman–Crippen MR) is 110 cm³/mol. The highest BCUT2D eigenvalue weighted by atomic mass is 32.1. The summed E-state index contributed by atoms with van der Waals surface area (Å²) >= 11 is 5.42. The normalized spacial score (nSPS) is 16.6. The third-order valence-electron chi connectivity index (χ3n) is 4.55. The number of thiocarbonyl (C=S) groups is 1. The van der Waals surface area contributed by atoms with E-state index in [1.165, 1.54) is 11.1 Å². The summed E-state index contributed by atoms with van der Waals surface area (Å²) in [6.07, 6.45) is 0. The van der Waals surface area contributed by atoms with Crippen LogP contribution in [0.15, 0.2) is 78.9 Å². The van der Waals surface area contributed by atoms with Gasteiger partial charge in [0.1, 0.15) is 0 Å². The van der Waals surface area contributed by atoms with E-state index >= 15 is 0 Å². The van der Waals surface area contributed by atoms with Gasteiger partial charge >= 0.3 is 0 Å². The van der Waals surface area contributed by atoms with Crippen LogP contribution in [-0.4, -0.2) is 16.7 Å². The number of amides is 1. The summed E-state index contributed by atoms with van der Waals surface area (Å²) in [5.74, 6) is -0.765. The maximum absolute atomic E-state index is 11.0. The zero-order chi connectivity index (χ0) is 18.8. The van der Waals surface area contributed by atoms with E-state index < -0.39 is 11.7 Å². The van der Waals surface area contributed by atoms with E-state index in [0.717, 1.165) is 10.7 Å². The molecule has 3 aromatic rings. The lowest BCUT2D eigenvalue weighted by molar-refractivity contribution is -0.112. The van der Waals surface area contributed by atoms with Crippen molar-refractivity contribution in [1.82, 2.24) is 0 Å². The molecule has 4 nitrogen and oxygen atoms in total. The van der Waals surface area contributed by atoms with Crippen molar-refractivity contribution < 1.29 is 9.59 Å². The summed E-state index contributed by atoms with van der Waals surface area (Å²) in [5, 5.41) is 5.74. The lowest BCUT2D eigenvalue weighted by Gasteiger charge is -2.10. The van der Waals surface area contributed by atoms with Crippen molar-refractivity contribution in [2.24, 2.45) is 0 Å². The van der Waals surface area contributed by atoms with Crippen LogP contribution in [0, 0.1) is 0 Å². The van der Waals surface area contributed by atoms with Crippen molar-refractivity contribution in [2.75, 3.05) is 10.6 Å². The van der Waals surface area contributed by atoms with Gasteiger partial charge in [0.15, 0.2) is 0 Å². The molecular weight excluding hydrogens is 356 g/mol. The van der Waals surface area contributed by atoms with Gasteiger partial charge < -0.3 is 10.6 Å². The van der Waals surface area contributed by atoms with Crippen LogP contribution >= 0.6 is 12.2 Å². The van der Waals surface area contributed by atoms with Crippen LogP contribution in [0.5, 0.6) is 0 Å². The van der Waals surface area contributed by atoms with Crippen molar-refractivity contribution in [3.05, 3.63) is 95.6 Å². The number of para-hydroxylation sites is 2. The van der Waals surface area contributed by atoms with Gasteiger partial charge in [0.05, 0.1) is 22.2 Å². The fourth-order valence-corrected chi connectivity index (χ4v) is 3.65. The minimum atomic E-state index is -0.536. The number of fused-ring (bicyclic) bond motifs is 2. The Morgan fingerprint density at radius 1 is 0.704 bits per heavy atom. The molecule has 27 heavy (non-hydrogen) atoms. The van der Waals surface area contributed by atoms with E-state index in [2.05, 4.69) is 53.1 Å². The average Bonchev–Trinajstić information content (AvgIpc) is 3.19. The fraction of sp³-hybridized carbons (Fsp3) is 0.0455. The first-order valence-corrected chi connectivity index (χ1v) is 8.95. The number of Topliss-reactive ketones (excluding diaryl/α,β-unsaturated/α-hetero) is 1. The minimum Gasteiger partial charge on any atom is -0.349 e. The molecule has 2 heterocycles. The number of hydrogen-bond donors (Lipinski definition) is 2. The molecule has 0 saturated heterocycles.